The van der Waals surface area contributed by atoms with Crippen LogP contribution in [0, 0.1) is 0 Å². The third-order valence-corrected chi connectivity index (χ3v) is 11.2. The predicted molar refractivity (Wildman–Crippen MR) is 207 cm³/mol. The van der Waals surface area contributed by atoms with E-state index in [0.717, 1.165) is 49.8 Å². The summed E-state index contributed by atoms with van der Waals surface area (Å²) < 4.78 is 11.7. The average molecular weight is 643 g/mol. The summed E-state index contributed by atoms with van der Waals surface area (Å²) in [5, 5.41) is 8.51. The number of benzene rings is 7. The van der Waals surface area contributed by atoms with Crippen LogP contribution in [0.2, 0.25) is 0 Å². The van der Waals surface area contributed by atoms with Crippen LogP contribution in [0.5, 0.6) is 0 Å². The number of thiophene rings is 1. The van der Waals surface area contributed by atoms with E-state index in [-0.39, 0.29) is 0 Å². The number of hydrogen-bond donors (Lipinski definition) is 0. The fraction of sp³-hybridized carbons (Fsp3) is 0. The third kappa shape index (κ3) is 3.86. The molecule has 228 valence electrons. The molecule has 3 nitrogen and oxygen atoms in total. The van der Waals surface area contributed by atoms with Gasteiger partial charge in [-0.05, 0) is 59.7 Å². The van der Waals surface area contributed by atoms with E-state index < -0.39 is 0 Å². The Labute approximate surface area is 284 Å². The first kappa shape index (κ1) is 26.8. The standard InChI is InChI=1S/C45H26N2OS/c1-2-11-27(12-3-1)35-26-37(46-36-17-7-4-13-29(35)36)32-16-10-19-40-43(32)34-22-21-28(25-41(34)48-40)47-38-18-8-5-15-33(38)44-39(47)24-23-31-30-14-6-9-20-42(30)49-45(31)44/h1-26H. The lowest BCUT2D eigenvalue weighted by Crippen LogP contribution is -1.93. The Morgan fingerprint density at radius 3 is 2.18 bits per heavy atom. The molecule has 0 aliphatic heterocycles. The summed E-state index contributed by atoms with van der Waals surface area (Å²) in [5.41, 5.74) is 10.5. The molecule has 0 saturated heterocycles. The second-order valence-corrected chi connectivity index (χ2v) is 13.7. The molecule has 0 aliphatic carbocycles. The Bertz CT molecular complexity index is 3110. The molecule has 0 N–H and O–H groups in total. The fourth-order valence-electron chi connectivity index (χ4n) is 7.85. The van der Waals surface area contributed by atoms with Crippen LogP contribution in [0.25, 0.3) is 103 Å². The molecular formula is C45H26N2OS. The van der Waals surface area contributed by atoms with E-state index in [4.69, 9.17) is 9.40 Å². The summed E-state index contributed by atoms with van der Waals surface area (Å²) in [5.74, 6) is 0. The monoisotopic (exact) mass is 642 g/mol. The Hall–Kier alpha value is -6.23. The van der Waals surface area contributed by atoms with Gasteiger partial charge in [0.1, 0.15) is 11.2 Å². The van der Waals surface area contributed by atoms with Crippen LogP contribution < -0.4 is 0 Å². The normalized spacial score (nSPS) is 12.1. The molecule has 49 heavy (non-hydrogen) atoms. The maximum atomic E-state index is 6.65. The number of fused-ring (bicyclic) bond motifs is 11. The highest BCUT2D eigenvalue weighted by atomic mass is 32.1. The summed E-state index contributed by atoms with van der Waals surface area (Å²) in [6.07, 6.45) is 0. The first-order valence-electron chi connectivity index (χ1n) is 16.5. The molecule has 4 heterocycles. The molecule has 0 aliphatic rings. The third-order valence-electron chi connectivity index (χ3n) is 10.00. The van der Waals surface area contributed by atoms with E-state index in [1.807, 2.05) is 11.3 Å². The van der Waals surface area contributed by atoms with Gasteiger partial charge in [0.15, 0.2) is 0 Å². The molecule has 4 heteroatoms. The van der Waals surface area contributed by atoms with Gasteiger partial charge in [0.2, 0.25) is 0 Å². The van der Waals surface area contributed by atoms with Crippen molar-refractivity contribution in [3.63, 3.8) is 0 Å². The first-order chi connectivity index (χ1) is 24.3. The predicted octanol–water partition coefficient (Wildman–Crippen LogP) is 12.9. The number of furan rings is 1. The van der Waals surface area contributed by atoms with Crippen molar-refractivity contribution in [3.05, 3.63) is 158 Å². The maximum absolute atomic E-state index is 6.65. The summed E-state index contributed by atoms with van der Waals surface area (Å²) >= 11 is 1.88. The van der Waals surface area contributed by atoms with Crippen LogP contribution in [0.3, 0.4) is 0 Å². The Morgan fingerprint density at radius 2 is 1.27 bits per heavy atom. The van der Waals surface area contributed by atoms with Gasteiger partial charge in [0.25, 0.3) is 0 Å². The maximum Gasteiger partial charge on any atom is 0.137 e. The van der Waals surface area contributed by atoms with E-state index in [9.17, 15) is 0 Å². The van der Waals surface area contributed by atoms with Crippen molar-refractivity contribution in [3.8, 4) is 28.1 Å². The number of para-hydroxylation sites is 2. The second kappa shape index (κ2) is 10.1. The first-order valence-corrected chi connectivity index (χ1v) is 17.4. The highest BCUT2D eigenvalue weighted by Crippen LogP contribution is 2.44. The van der Waals surface area contributed by atoms with Crippen LogP contribution in [0.1, 0.15) is 0 Å². The van der Waals surface area contributed by atoms with Crippen molar-refractivity contribution in [2.75, 3.05) is 0 Å². The van der Waals surface area contributed by atoms with Gasteiger partial charge in [-0.3, -0.25) is 0 Å². The molecule has 7 aromatic carbocycles. The second-order valence-electron chi connectivity index (χ2n) is 12.7. The van der Waals surface area contributed by atoms with Crippen LogP contribution in [0.15, 0.2) is 162 Å². The van der Waals surface area contributed by atoms with Crippen molar-refractivity contribution in [1.29, 1.82) is 0 Å². The molecule has 0 unspecified atom stereocenters. The van der Waals surface area contributed by atoms with Gasteiger partial charge >= 0.3 is 0 Å². The van der Waals surface area contributed by atoms with Crippen LogP contribution in [-0.2, 0) is 0 Å². The van der Waals surface area contributed by atoms with Crippen LogP contribution in [0.4, 0.5) is 0 Å². The molecule has 0 spiro atoms. The lowest BCUT2D eigenvalue weighted by atomic mass is 9.96. The fourth-order valence-corrected chi connectivity index (χ4v) is 9.11. The minimum absolute atomic E-state index is 0.857. The number of hydrogen-bond acceptors (Lipinski definition) is 3. The van der Waals surface area contributed by atoms with Gasteiger partial charge in [-0.2, -0.15) is 0 Å². The molecule has 4 aromatic heterocycles. The molecule has 11 rings (SSSR count). The summed E-state index contributed by atoms with van der Waals surface area (Å²) in [6.45, 7) is 0. The summed E-state index contributed by atoms with van der Waals surface area (Å²) in [6, 6.07) is 56.2. The zero-order chi connectivity index (χ0) is 32.1. The molecule has 11 aromatic rings. The summed E-state index contributed by atoms with van der Waals surface area (Å²) in [7, 11) is 0. The van der Waals surface area contributed by atoms with Gasteiger partial charge in [-0.1, -0.05) is 103 Å². The minimum atomic E-state index is 0.857. The quantitative estimate of drug-likeness (QED) is 0.192. The van der Waals surface area contributed by atoms with E-state index in [1.165, 1.54) is 53.1 Å². The van der Waals surface area contributed by atoms with Crippen molar-refractivity contribution < 1.29 is 4.42 Å². The van der Waals surface area contributed by atoms with Crippen molar-refractivity contribution in [2.45, 2.75) is 0 Å². The van der Waals surface area contributed by atoms with Crippen LogP contribution >= 0.6 is 11.3 Å². The Morgan fingerprint density at radius 1 is 0.490 bits per heavy atom. The zero-order valence-corrected chi connectivity index (χ0v) is 27.0. The van der Waals surface area contributed by atoms with E-state index >= 15 is 0 Å². The molecule has 0 fully saturated rings. The number of aromatic nitrogens is 2. The van der Waals surface area contributed by atoms with Crippen molar-refractivity contribution in [2.24, 2.45) is 0 Å². The van der Waals surface area contributed by atoms with Gasteiger partial charge in [0, 0.05) is 64.4 Å². The van der Waals surface area contributed by atoms with E-state index in [0.29, 0.717) is 0 Å². The lowest BCUT2D eigenvalue weighted by molar-refractivity contribution is 0.668. The Kier molecular flexibility index (Phi) is 5.54. The van der Waals surface area contributed by atoms with Crippen LogP contribution in [-0.4, -0.2) is 9.55 Å². The zero-order valence-electron chi connectivity index (χ0n) is 26.2. The molecule has 0 radical (unpaired) electrons. The largest absolute Gasteiger partial charge is 0.456 e. The molecule has 0 bridgehead atoms. The minimum Gasteiger partial charge on any atom is -0.456 e. The van der Waals surface area contributed by atoms with E-state index in [1.54, 1.807) is 0 Å². The van der Waals surface area contributed by atoms with Gasteiger partial charge in [-0.25, -0.2) is 4.98 Å². The average Bonchev–Trinajstić information content (AvgIpc) is 3.83. The van der Waals surface area contributed by atoms with Gasteiger partial charge < -0.3 is 8.98 Å². The lowest BCUT2D eigenvalue weighted by Gasteiger charge is -2.11. The molecular weight excluding hydrogens is 617 g/mol. The number of rotatable bonds is 3. The topological polar surface area (TPSA) is 31.0 Å². The molecule has 0 amide bonds. The Balaban J connectivity index is 1.14. The number of pyridine rings is 1. The molecule has 0 saturated carbocycles. The smallest absolute Gasteiger partial charge is 0.137 e. The highest BCUT2D eigenvalue weighted by molar-refractivity contribution is 7.26. The van der Waals surface area contributed by atoms with E-state index in [2.05, 4.69) is 162 Å². The highest BCUT2D eigenvalue weighted by Gasteiger charge is 2.20. The van der Waals surface area contributed by atoms with Gasteiger partial charge in [-0.15, -0.1) is 11.3 Å². The SMILES string of the molecule is c1ccc(-c2cc(-c3cccc4oc5cc(-n6c7ccccc7c7c8sc9ccccc9c8ccc76)ccc5c34)nc3ccccc23)cc1. The summed E-state index contributed by atoms with van der Waals surface area (Å²) in [4.78, 5) is 5.19. The van der Waals surface area contributed by atoms with Gasteiger partial charge in [0.05, 0.1) is 22.2 Å². The number of nitrogens with zero attached hydrogens (tertiary/aromatic N) is 2. The van der Waals surface area contributed by atoms with Crippen molar-refractivity contribution in [1.82, 2.24) is 9.55 Å². The van der Waals surface area contributed by atoms with Crippen molar-refractivity contribution >= 4 is 86.2 Å². The molecule has 0 atom stereocenters.